The van der Waals surface area contributed by atoms with E-state index in [1.54, 1.807) is 0 Å². The fourth-order valence-corrected chi connectivity index (χ4v) is 6.45. The van der Waals surface area contributed by atoms with Gasteiger partial charge in [-0.3, -0.25) is 14.6 Å². The fraction of sp³-hybridized carbons (Fsp3) is 0.375. The summed E-state index contributed by atoms with van der Waals surface area (Å²) in [5, 5.41) is 29.6. The molecule has 0 unspecified atom stereocenters. The highest BCUT2D eigenvalue weighted by atomic mass is 16.5. The summed E-state index contributed by atoms with van der Waals surface area (Å²) in [5.41, 5.74) is 5.99. The minimum Gasteiger partial charge on any atom is -0.492 e. The lowest BCUT2D eigenvalue weighted by molar-refractivity contribution is -0.159. The highest BCUT2D eigenvalue weighted by Gasteiger charge is 2.26. The van der Waals surface area contributed by atoms with Gasteiger partial charge < -0.3 is 29.9 Å². The lowest BCUT2D eigenvalue weighted by atomic mass is 9.79. The van der Waals surface area contributed by atoms with Crippen LogP contribution < -0.4 is 9.47 Å². The van der Waals surface area contributed by atoms with E-state index in [4.69, 9.17) is 49.1 Å². The smallest absolute Gasteiger partial charge is 0.414 e. The van der Waals surface area contributed by atoms with E-state index in [0.717, 1.165) is 59.7 Å². The predicted octanol–water partition coefficient (Wildman–Crippen LogP) is 5.08. The average Bonchev–Trinajstić information content (AvgIpc) is 3.69. The van der Waals surface area contributed by atoms with Gasteiger partial charge in [0.1, 0.15) is 24.7 Å². The summed E-state index contributed by atoms with van der Waals surface area (Å²) < 4.78 is 12.1. The third kappa shape index (κ3) is 12.6. The molecule has 13 nitrogen and oxygen atoms in total. The maximum absolute atomic E-state index is 14.1. The molecule has 3 aromatic carbocycles. The number of benzene rings is 3. The summed E-state index contributed by atoms with van der Waals surface area (Å²) in [7, 11) is 0. The van der Waals surface area contributed by atoms with E-state index in [0.29, 0.717) is 18.8 Å². The summed E-state index contributed by atoms with van der Waals surface area (Å²) >= 11 is 0. The van der Waals surface area contributed by atoms with Crippen molar-refractivity contribution >= 4 is 40.8 Å². The second kappa shape index (κ2) is 20.5. The Bertz CT molecular complexity index is 1690. The van der Waals surface area contributed by atoms with Crippen LogP contribution in [0.15, 0.2) is 72.8 Å². The second-order valence-corrected chi connectivity index (χ2v) is 12.8. The Hall–Kier alpha value is -5.53. The van der Waals surface area contributed by atoms with Crippen LogP contribution in [0.5, 0.6) is 11.5 Å². The molecule has 3 aliphatic rings. The van der Waals surface area contributed by atoms with E-state index in [2.05, 4.69) is 40.1 Å². The predicted molar refractivity (Wildman–Crippen MR) is 196 cm³/mol. The molecule has 53 heavy (non-hydrogen) atoms. The number of ether oxygens (including phenoxy) is 2. The normalized spacial score (nSPS) is 15.5. The molecular formula is C40H46N2O11. The lowest BCUT2D eigenvalue weighted by Gasteiger charge is -2.26. The number of nitrogens with zero attached hydrogens (tertiary/aromatic N) is 2. The zero-order chi connectivity index (χ0) is 38.2. The molecule has 282 valence electrons. The van der Waals surface area contributed by atoms with Gasteiger partial charge in [0, 0.05) is 24.2 Å². The summed E-state index contributed by atoms with van der Waals surface area (Å²) in [6.45, 7) is 8.02. The van der Waals surface area contributed by atoms with Gasteiger partial charge in [0.25, 0.3) is 0 Å². The van der Waals surface area contributed by atoms with Gasteiger partial charge in [0.2, 0.25) is 0 Å². The molecule has 2 saturated heterocycles. The molecule has 3 aromatic rings. The zero-order valence-electron chi connectivity index (χ0n) is 29.6. The zero-order valence-corrected chi connectivity index (χ0v) is 29.6. The summed E-state index contributed by atoms with van der Waals surface area (Å²) in [6, 6.07) is 24.4. The minimum absolute atomic E-state index is 0.0676. The van der Waals surface area contributed by atoms with Crippen LogP contribution in [0.25, 0.3) is 11.1 Å². The first-order chi connectivity index (χ1) is 25.5. The Balaban J connectivity index is 0.000000453. The van der Waals surface area contributed by atoms with E-state index < -0.39 is 23.9 Å². The van der Waals surface area contributed by atoms with Crippen molar-refractivity contribution in [2.24, 2.45) is 0 Å². The molecule has 0 spiro atoms. The van der Waals surface area contributed by atoms with E-state index in [1.165, 1.54) is 63.8 Å². The number of aliphatic carboxylic acids is 4. The van der Waals surface area contributed by atoms with Gasteiger partial charge in [-0.25, -0.2) is 19.2 Å². The van der Waals surface area contributed by atoms with Crippen LogP contribution in [-0.2, 0) is 25.6 Å². The number of Topliss-reactive ketones (excluding diaryl/α,β-unsaturated/α-hetero) is 1. The molecule has 2 heterocycles. The van der Waals surface area contributed by atoms with E-state index in [1.807, 2.05) is 42.5 Å². The van der Waals surface area contributed by atoms with Crippen LogP contribution in [0.4, 0.5) is 0 Å². The third-order valence-electron chi connectivity index (χ3n) is 9.14. The number of hydrogen-bond donors (Lipinski definition) is 4. The monoisotopic (exact) mass is 730 g/mol. The number of carbonyl (C=O) groups is 5. The number of hydrogen-bond acceptors (Lipinski definition) is 9. The molecule has 0 bridgehead atoms. The van der Waals surface area contributed by atoms with Gasteiger partial charge in [-0.15, -0.1) is 0 Å². The quantitative estimate of drug-likeness (QED) is 0.151. The molecule has 0 atom stereocenters. The number of allylic oxidation sites excluding steroid dienone is 2. The number of fused-ring (bicyclic) bond motifs is 1. The first-order valence-corrected chi connectivity index (χ1v) is 17.7. The standard InChI is InChI=1S/C36H42N2O3.2C2H2O4/c39-36(30-12-17-32(18-13-30)41-26-24-37-20-4-1-5-21-37)35-33-9-3-2-8-28(33)14-19-34(35)29-10-15-31(16-11-29)40-27-25-38-22-6-7-23-38;2*3-1(4)2(5)6/h2-3,8-13,15-18H,1,4-7,14,19-27H2;2*(H,3,4)(H,5,6). The van der Waals surface area contributed by atoms with Gasteiger partial charge in [-0.2, -0.15) is 0 Å². The van der Waals surface area contributed by atoms with Crippen molar-refractivity contribution in [1.29, 1.82) is 0 Å². The van der Waals surface area contributed by atoms with Crippen molar-refractivity contribution in [1.82, 2.24) is 9.80 Å². The number of rotatable bonds is 11. The number of likely N-dealkylation sites (tertiary alicyclic amines) is 2. The molecular weight excluding hydrogens is 684 g/mol. The van der Waals surface area contributed by atoms with Crippen LogP contribution >= 0.6 is 0 Å². The topological polar surface area (TPSA) is 191 Å². The maximum atomic E-state index is 14.1. The highest BCUT2D eigenvalue weighted by Crippen LogP contribution is 2.39. The molecule has 0 aromatic heterocycles. The van der Waals surface area contributed by atoms with E-state index in [-0.39, 0.29) is 5.78 Å². The van der Waals surface area contributed by atoms with Crippen molar-refractivity contribution in [3.8, 4) is 11.5 Å². The summed E-state index contributed by atoms with van der Waals surface area (Å²) in [5.74, 6) is -5.53. The van der Waals surface area contributed by atoms with Crippen LogP contribution in [0, 0.1) is 0 Å². The Morgan fingerprint density at radius 3 is 1.49 bits per heavy atom. The summed E-state index contributed by atoms with van der Waals surface area (Å²) in [6.07, 6.45) is 8.28. The van der Waals surface area contributed by atoms with Crippen molar-refractivity contribution < 1.29 is 53.9 Å². The number of carboxylic acid groups (broad SMARTS) is 4. The van der Waals surface area contributed by atoms with Crippen molar-refractivity contribution in [3.05, 3.63) is 95.1 Å². The van der Waals surface area contributed by atoms with Gasteiger partial charge in [-0.1, -0.05) is 42.8 Å². The van der Waals surface area contributed by atoms with E-state index in [9.17, 15) is 4.79 Å². The lowest BCUT2D eigenvalue weighted by Crippen LogP contribution is -2.33. The Labute approximate surface area is 308 Å². The Kier molecular flexibility index (Phi) is 15.6. The Morgan fingerprint density at radius 1 is 0.547 bits per heavy atom. The first kappa shape index (κ1) is 40.2. The number of aryl methyl sites for hydroxylation is 1. The number of carboxylic acids is 4. The number of carbonyl (C=O) groups excluding carboxylic acids is 1. The van der Waals surface area contributed by atoms with Crippen molar-refractivity contribution in [3.63, 3.8) is 0 Å². The SMILES string of the molecule is O=C(C1=C(c2ccc(OCCN3CCCC3)cc2)CCc2ccccc21)c1ccc(OCCN2CCCCC2)cc1.O=C(O)C(=O)O.O=C(O)C(=O)O. The summed E-state index contributed by atoms with van der Waals surface area (Å²) in [4.78, 5) is 55.4. The second-order valence-electron chi connectivity index (χ2n) is 12.8. The van der Waals surface area contributed by atoms with Crippen molar-refractivity contribution in [2.45, 2.75) is 44.9 Å². The number of piperidine rings is 1. The molecule has 0 radical (unpaired) electrons. The molecule has 2 fully saturated rings. The first-order valence-electron chi connectivity index (χ1n) is 17.7. The molecule has 1 aliphatic carbocycles. The molecule has 2 aliphatic heterocycles. The largest absolute Gasteiger partial charge is 0.492 e. The van der Waals surface area contributed by atoms with Crippen LogP contribution in [-0.4, -0.2) is 112 Å². The Morgan fingerprint density at radius 2 is 1.00 bits per heavy atom. The minimum atomic E-state index is -1.82. The van der Waals surface area contributed by atoms with Crippen LogP contribution in [0.1, 0.15) is 65.6 Å². The average molecular weight is 731 g/mol. The fourth-order valence-electron chi connectivity index (χ4n) is 6.45. The maximum Gasteiger partial charge on any atom is 0.414 e. The third-order valence-corrected chi connectivity index (χ3v) is 9.14. The molecule has 6 rings (SSSR count). The highest BCUT2D eigenvalue weighted by molar-refractivity contribution is 6.35. The molecule has 0 amide bonds. The number of ketones is 1. The van der Waals surface area contributed by atoms with Gasteiger partial charge in [-0.05, 0) is 123 Å². The van der Waals surface area contributed by atoms with Gasteiger partial charge in [0.15, 0.2) is 5.78 Å². The van der Waals surface area contributed by atoms with E-state index >= 15 is 0 Å². The molecule has 13 heteroatoms. The van der Waals surface area contributed by atoms with Crippen molar-refractivity contribution in [2.75, 3.05) is 52.5 Å². The van der Waals surface area contributed by atoms with Gasteiger partial charge >= 0.3 is 23.9 Å². The molecule has 0 saturated carbocycles. The van der Waals surface area contributed by atoms with Crippen LogP contribution in [0.2, 0.25) is 0 Å². The molecule has 4 N–H and O–H groups in total. The van der Waals surface area contributed by atoms with Crippen LogP contribution in [0.3, 0.4) is 0 Å². The van der Waals surface area contributed by atoms with Gasteiger partial charge in [0.05, 0.1) is 0 Å².